The van der Waals surface area contributed by atoms with Gasteiger partial charge in [0.15, 0.2) is 0 Å². The Balaban J connectivity index is -0.0000000260. The third kappa shape index (κ3) is 56.2. The Hall–Kier alpha value is 9.50. The predicted octanol–water partition coefficient (Wildman–Crippen LogP) is 5.66. The van der Waals surface area contributed by atoms with Gasteiger partial charge in [0.25, 0.3) is 0 Å². The predicted molar refractivity (Wildman–Crippen MR) is 126 cm³/mol. The number of rotatable bonds is 13. The van der Waals surface area contributed by atoms with Gasteiger partial charge in [0.05, 0.1) is 23.7 Å². The van der Waals surface area contributed by atoms with E-state index in [4.69, 9.17) is 10.2 Å². The van der Waals surface area contributed by atoms with Crippen molar-refractivity contribution in [3.8, 4) is 0 Å². The van der Waals surface area contributed by atoms with Crippen LogP contribution in [0.3, 0.4) is 0 Å². The molecule has 19 heteroatoms. The van der Waals surface area contributed by atoms with Gasteiger partial charge in [-0.15, -0.1) is 0 Å². The van der Waals surface area contributed by atoms with Crippen molar-refractivity contribution in [1.82, 2.24) is 0 Å². The molecule has 0 rings (SSSR count). The molecule has 0 heterocycles. The summed E-state index contributed by atoms with van der Waals surface area (Å²) in [7, 11) is 0. The van der Waals surface area contributed by atoms with Crippen LogP contribution in [0.4, 0.5) is 0 Å². The molecule has 0 aliphatic heterocycles. The first-order valence-corrected chi connectivity index (χ1v) is 8.34. The molecule has 0 aromatic carbocycles. The molecule has 219 valence electrons. The minimum Gasteiger partial charge on any atom is -0.481 e. The van der Waals surface area contributed by atoms with Gasteiger partial charge in [0.2, 0.25) is 0 Å². The summed E-state index contributed by atoms with van der Waals surface area (Å²) in [6, 6.07) is 0. The van der Waals surface area contributed by atoms with Crippen molar-refractivity contribution in [2.24, 2.45) is 23.7 Å². The molecule has 0 aromatic rings. The smallest absolute Gasteiger partial charge is 0.307 e. The first-order valence-electron chi connectivity index (χ1n) is 8.34. The first kappa shape index (κ1) is 110. The van der Waals surface area contributed by atoms with Gasteiger partial charge < -0.3 is 20.4 Å². The molecule has 0 spiro atoms. The fourth-order valence-electron chi connectivity index (χ4n) is 2.46. The number of carboxylic acids is 4. The van der Waals surface area contributed by atoms with Gasteiger partial charge in [-0.3, -0.25) is 19.2 Å². The van der Waals surface area contributed by atoms with Crippen LogP contribution in [-0.2, 0) is 379 Å². The first-order chi connectivity index (χ1) is 12.1. The van der Waals surface area contributed by atoms with Crippen molar-refractivity contribution in [2.45, 2.75) is 76.7 Å². The summed E-state index contributed by atoms with van der Waals surface area (Å²) in [5.74, 6) is -9.46. The molecule has 0 aromatic heterocycles. The third-order valence-electron chi connectivity index (χ3n) is 4.17. The minimum atomic E-state index is -1.26. The van der Waals surface area contributed by atoms with Crippen molar-refractivity contribution in [1.29, 1.82) is 0 Å². The van der Waals surface area contributed by atoms with E-state index in [1.54, 1.807) is 12.2 Å². The Kier molecular flexibility index (Phi) is 189. The zero-order valence-corrected chi connectivity index (χ0v) is 52.4. The van der Waals surface area contributed by atoms with Gasteiger partial charge in [-0.05, 0) is 25.7 Å². The molecule has 4 unspecified atom stereocenters. The van der Waals surface area contributed by atoms with Crippen LogP contribution in [0, 0.1) is 23.7 Å². The molecule has 0 saturated heterocycles. The zero-order valence-electron chi connectivity index (χ0n) is 21.2. The van der Waals surface area contributed by atoms with E-state index in [0.717, 1.165) is 0 Å². The van der Waals surface area contributed by atoms with E-state index in [1.165, 1.54) is 19.1 Å². The second kappa shape index (κ2) is 71.8. The Bertz CT molecular complexity index is 601. The van der Waals surface area contributed by atoms with E-state index in [1.807, 2.05) is 6.92 Å². The number of allylic oxidation sites excluding steroid dienone is 4. The number of hydrogen-bond acceptors (Lipinski definition) is 4. The minimum absolute atomic E-state index is 0. The average molecular weight is 1430 g/mol. The van der Waals surface area contributed by atoms with Gasteiger partial charge in [0.1, 0.15) is 0 Å². The maximum absolute atomic E-state index is 11.4. The van der Waals surface area contributed by atoms with Crippen LogP contribution in [0.2, 0.25) is 0 Å². The normalized spacial score (nSPS) is 10.0. The van der Waals surface area contributed by atoms with Crippen LogP contribution >= 0.6 is 0 Å². The number of carboxylic acid groups (broad SMARTS) is 4. The van der Waals surface area contributed by atoms with Gasteiger partial charge in [-0.2, -0.15) is 0 Å². The van der Waals surface area contributed by atoms with Crippen LogP contribution < -0.4 is 0 Å². The molecule has 0 bridgehead atoms. The number of hydrogen-bond donors (Lipinski definition) is 4. The Morgan fingerprint density at radius 1 is 0.452 bits per heavy atom. The van der Waals surface area contributed by atoms with Gasteiger partial charge >= 0.3 is 23.9 Å². The monoisotopic (exact) mass is 1430 g/mol. The molecule has 0 fully saturated rings. The molecule has 8 nitrogen and oxygen atoms in total. The molecular weight excluding hydrogens is 1380 g/mol. The van der Waals surface area contributed by atoms with Crippen molar-refractivity contribution in [3.05, 3.63) is 24.3 Å². The quantitative estimate of drug-likeness (QED) is 0.173. The summed E-state index contributed by atoms with van der Waals surface area (Å²) in [6.07, 6.45) is 6.83. The van der Waals surface area contributed by atoms with Crippen LogP contribution in [-0.4, -0.2) is 44.3 Å². The van der Waals surface area contributed by atoms with E-state index in [2.05, 4.69) is 0 Å². The van der Waals surface area contributed by atoms with E-state index in [9.17, 15) is 29.4 Å². The number of aliphatic carboxylic acids is 4. The van der Waals surface area contributed by atoms with Crippen molar-refractivity contribution < 1.29 is 399 Å². The summed E-state index contributed by atoms with van der Waals surface area (Å²) in [5, 5.41) is 36.6. The Labute approximate surface area is 533 Å². The Morgan fingerprint density at radius 3 is 0.857 bits per heavy atom. The van der Waals surface area contributed by atoms with Gasteiger partial charge in [-0.1, -0.05) is 75.3 Å². The molecule has 4 atom stereocenters. The van der Waals surface area contributed by atoms with Crippen LogP contribution in [0.15, 0.2) is 24.3 Å². The second-order valence-electron chi connectivity index (χ2n) is 6.02. The summed E-state index contributed by atoms with van der Waals surface area (Å²) in [6.45, 7) is 3.16. The fraction of sp³-hybridized carbons (Fsp3) is 0.652. The molecule has 0 aliphatic rings. The molecule has 0 amide bonds. The SMILES string of the molecule is C.C.C.C.C.CCC=CCC(C(=O)O)C(CC=CCC(C(=O)O)C(C)C(=O)O)C(=O)O.[Y].[Y].[Y].[Y].[Y].[Y].[Y].[Y].[Y].[Y].[Y]. The molecule has 0 saturated carbocycles. The molecular formula is C23H46O8Y11. The molecule has 4 N–H and O–H groups in total. The second-order valence-corrected chi connectivity index (χ2v) is 6.02. The fourth-order valence-corrected chi connectivity index (χ4v) is 2.46. The largest absolute Gasteiger partial charge is 0.481 e. The van der Waals surface area contributed by atoms with Crippen LogP contribution in [0.25, 0.3) is 0 Å². The van der Waals surface area contributed by atoms with E-state index >= 15 is 0 Å². The molecule has 11 radical (unpaired) electrons. The molecule has 42 heavy (non-hydrogen) atoms. The third-order valence-corrected chi connectivity index (χ3v) is 4.17. The van der Waals surface area contributed by atoms with Crippen molar-refractivity contribution in [3.63, 3.8) is 0 Å². The number of carbonyl (C=O) groups is 4. The zero-order chi connectivity index (χ0) is 20.3. The van der Waals surface area contributed by atoms with Gasteiger partial charge in [-0.25, -0.2) is 0 Å². The maximum Gasteiger partial charge on any atom is 0.307 e. The van der Waals surface area contributed by atoms with Crippen molar-refractivity contribution >= 4 is 23.9 Å². The van der Waals surface area contributed by atoms with E-state index < -0.39 is 47.5 Å². The Morgan fingerprint density at radius 2 is 0.667 bits per heavy atom. The topological polar surface area (TPSA) is 149 Å². The van der Waals surface area contributed by atoms with E-state index in [-0.39, 0.29) is 416 Å². The van der Waals surface area contributed by atoms with Crippen LogP contribution in [0.5, 0.6) is 0 Å². The maximum atomic E-state index is 11.4. The average Bonchev–Trinajstić information content (AvgIpc) is 2.54. The summed E-state index contributed by atoms with van der Waals surface area (Å²) >= 11 is 0. The summed E-state index contributed by atoms with van der Waals surface area (Å²) in [4.78, 5) is 44.9. The van der Waals surface area contributed by atoms with Gasteiger partial charge in [0, 0.05) is 360 Å². The summed E-state index contributed by atoms with van der Waals surface area (Å²) in [5.41, 5.74) is 0. The standard InChI is InChI=1S/C18H26O8.5CH4.11Y/c1-3-4-5-9-13(17(23)24)14(18(25)26)10-7-6-8-12(16(21)22)11(2)15(19)20;;;;;;;;;;;;;;;;/h4-7,11-14H,3,8-10H2,1-2H3,(H,19,20)(H,21,22)(H,23,24)(H,25,26);5*1H4;;;;;;;;;;;. The molecule has 0 aliphatic carbocycles. The summed E-state index contributed by atoms with van der Waals surface area (Å²) < 4.78 is 0. The van der Waals surface area contributed by atoms with Crippen LogP contribution in [0.1, 0.15) is 76.7 Å². The van der Waals surface area contributed by atoms with E-state index in [0.29, 0.717) is 6.42 Å². The van der Waals surface area contributed by atoms with Crippen molar-refractivity contribution in [2.75, 3.05) is 0 Å².